The summed E-state index contributed by atoms with van der Waals surface area (Å²) in [5, 5.41) is 3.15. The summed E-state index contributed by atoms with van der Waals surface area (Å²) in [5.74, 6) is 1.36. The number of nitrogens with two attached hydrogens (primary N) is 1. The molecule has 1 amide bonds. The third kappa shape index (κ3) is 4.13. The number of anilines is 1. The van der Waals surface area contributed by atoms with E-state index in [2.05, 4.69) is 19.2 Å². The molecule has 0 spiro atoms. The molecule has 0 saturated heterocycles. The summed E-state index contributed by atoms with van der Waals surface area (Å²) in [5.41, 5.74) is 6.99. The molecule has 2 rings (SSSR count). The van der Waals surface area contributed by atoms with Gasteiger partial charge in [-0.05, 0) is 55.4 Å². The van der Waals surface area contributed by atoms with Crippen LogP contribution in [0.5, 0.6) is 0 Å². The van der Waals surface area contributed by atoms with E-state index in [1.807, 2.05) is 0 Å². The minimum absolute atomic E-state index is 0. The molecule has 3 nitrogen and oxygen atoms in total. The molecule has 1 aromatic carbocycles. The highest BCUT2D eigenvalue weighted by atomic mass is 35.5. The normalized spacial score (nSPS) is 26.3. The Kier molecular flexibility index (Phi) is 5.67. The predicted octanol–water partition coefficient (Wildman–Crippen LogP) is 3.25. The van der Waals surface area contributed by atoms with E-state index < -0.39 is 0 Å². The summed E-state index contributed by atoms with van der Waals surface area (Å²) in [7, 11) is 0. The Morgan fingerprint density at radius 2 is 1.84 bits per heavy atom. The van der Waals surface area contributed by atoms with Gasteiger partial charge in [0.1, 0.15) is 0 Å². The van der Waals surface area contributed by atoms with E-state index >= 15 is 0 Å². The van der Waals surface area contributed by atoms with Gasteiger partial charge >= 0.3 is 0 Å². The average molecular weight is 283 g/mol. The molecule has 1 aromatic rings. The van der Waals surface area contributed by atoms with Crippen molar-refractivity contribution >= 4 is 24.0 Å². The van der Waals surface area contributed by atoms with Crippen molar-refractivity contribution in [3.8, 4) is 0 Å². The number of carbonyl (C=O) groups is 1. The van der Waals surface area contributed by atoms with Gasteiger partial charge in [-0.2, -0.15) is 0 Å². The topological polar surface area (TPSA) is 55.1 Å². The minimum Gasteiger partial charge on any atom is -0.399 e. The van der Waals surface area contributed by atoms with Crippen LogP contribution in [-0.2, 0) is 0 Å². The summed E-state index contributed by atoms with van der Waals surface area (Å²) in [4.78, 5) is 12.1. The van der Waals surface area contributed by atoms with Gasteiger partial charge in [-0.25, -0.2) is 0 Å². The van der Waals surface area contributed by atoms with Crippen molar-refractivity contribution in [2.24, 2.45) is 11.8 Å². The highest BCUT2D eigenvalue weighted by Gasteiger charge is 2.26. The monoisotopic (exact) mass is 282 g/mol. The summed E-state index contributed by atoms with van der Waals surface area (Å²) < 4.78 is 0. The summed E-state index contributed by atoms with van der Waals surface area (Å²) >= 11 is 0. The van der Waals surface area contributed by atoms with Crippen molar-refractivity contribution < 1.29 is 4.79 Å². The molecule has 1 aliphatic carbocycles. The van der Waals surface area contributed by atoms with E-state index in [4.69, 9.17) is 5.73 Å². The van der Waals surface area contributed by atoms with Crippen molar-refractivity contribution in [2.75, 3.05) is 5.73 Å². The molecule has 106 valence electrons. The molecule has 1 fully saturated rings. The molecule has 1 aliphatic rings. The van der Waals surface area contributed by atoms with Gasteiger partial charge < -0.3 is 11.1 Å². The first-order valence-electron chi connectivity index (χ1n) is 6.72. The Bertz CT molecular complexity index is 419. The van der Waals surface area contributed by atoms with E-state index in [1.54, 1.807) is 24.3 Å². The smallest absolute Gasteiger partial charge is 0.251 e. The van der Waals surface area contributed by atoms with E-state index in [9.17, 15) is 4.79 Å². The largest absolute Gasteiger partial charge is 0.399 e. The number of nitrogen functional groups attached to an aromatic ring is 1. The van der Waals surface area contributed by atoms with E-state index in [-0.39, 0.29) is 18.3 Å². The van der Waals surface area contributed by atoms with Crippen LogP contribution in [-0.4, -0.2) is 11.9 Å². The molecule has 0 aliphatic heterocycles. The molecule has 0 heterocycles. The number of nitrogens with one attached hydrogen (secondary N) is 1. The number of halogens is 1. The second kappa shape index (κ2) is 6.80. The lowest BCUT2D eigenvalue weighted by molar-refractivity contribution is 0.0899. The maximum Gasteiger partial charge on any atom is 0.251 e. The van der Waals surface area contributed by atoms with Crippen LogP contribution in [0.2, 0.25) is 0 Å². The fourth-order valence-corrected chi connectivity index (χ4v) is 2.77. The van der Waals surface area contributed by atoms with Gasteiger partial charge in [0.2, 0.25) is 0 Å². The highest BCUT2D eigenvalue weighted by molar-refractivity contribution is 5.94. The Hall–Kier alpha value is -1.22. The van der Waals surface area contributed by atoms with E-state index in [0.29, 0.717) is 23.2 Å². The maximum atomic E-state index is 12.1. The van der Waals surface area contributed by atoms with E-state index in [0.717, 1.165) is 12.3 Å². The van der Waals surface area contributed by atoms with Crippen LogP contribution in [0.25, 0.3) is 0 Å². The van der Waals surface area contributed by atoms with Crippen LogP contribution < -0.4 is 11.1 Å². The lowest BCUT2D eigenvalue weighted by atomic mass is 9.80. The molecular formula is C15H23ClN2O. The molecule has 0 bridgehead atoms. The third-order valence-corrected chi connectivity index (χ3v) is 3.92. The number of rotatable bonds is 2. The minimum atomic E-state index is 0. The number of hydrogen-bond acceptors (Lipinski definition) is 2. The van der Waals surface area contributed by atoms with Crippen molar-refractivity contribution in [2.45, 2.75) is 39.2 Å². The van der Waals surface area contributed by atoms with Crippen molar-refractivity contribution in [1.82, 2.24) is 5.32 Å². The van der Waals surface area contributed by atoms with Crippen LogP contribution in [0.15, 0.2) is 24.3 Å². The molecule has 4 heteroatoms. The molecule has 3 N–H and O–H groups in total. The van der Waals surface area contributed by atoms with Gasteiger partial charge in [-0.15, -0.1) is 12.4 Å². The molecule has 3 unspecified atom stereocenters. The summed E-state index contributed by atoms with van der Waals surface area (Å²) in [6, 6.07) is 7.40. The highest BCUT2D eigenvalue weighted by Crippen LogP contribution is 2.28. The third-order valence-electron chi connectivity index (χ3n) is 3.92. The summed E-state index contributed by atoms with van der Waals surface area (Å²) in [6.07, 6.45) is 3.49. The van der Waals surface area contributed by atoms with Crippen LogP contribution in [0, 0.1) is 11.8 Å². The Labute approximate surface area is 121 Å². The number of amides is 1. The number of hydrogen-bond donors (Lipinski definition) is 2. The number of carbonyl (C=O) groups excluding carboxylic acids is 1. The molecule has 3 atom stereocenters. The van der Waals surface area contributed by atoms with Crippen molar-refractivity contribution in [3.63, 3.8) is 0 Å². The van der Waals surface area contributed by atoms with Crippen LogP contribution in [0.4, 0.5) is 5.69 Å². The fourth-order valence-electron chi connectivity index (χ4n) is 2.77. The Morgan fingerprint density at radius 1 is 1.21 bits per heavy atom. The molecule has 1 saturated carbocycles. The zero-order chi connectivity index (χ0) is 13.1. The summed E-state index contributed by atoms with van der Waals surface area (Å²) in [6.45, 7) is 4.51. The Morgan fingerprint density at radius 3 is 2.42 bits per heavy atom. The molecule has 0 radical (unpaired) electrons. The average Bonchev–Trinajstić information content (AvgIpc) is 2.33. The molecule has 0 aromatic heterocycles. The first-order valence-corrected chi connectivity index (χ1v) is 6.72. The second-order valence-corrected chi connectivity index (χ2v) is 5.60. The predicted molar refractivity (Wildman–Crippen MR) is 81.5 cm³/mol. The van der Waals surface area contributed by atoms with Gasteiger partial charge in [0.05, 0.1) is 0 Å². The maximum absolute atomic E-state index is 12.1. The lowest BCUT2D eigenvalue weighted by Gasteiger charge is -2.33. The van der Waals surface area contributed by atoms with Crippen molar-refractivity contribution in [1.29, 1.82) is 0 Å². The van der Waals surface area contributed by atoms with Gasteiger partial charge in [-0.3, -0.25) is 4.79 Å². The van der Waals surface area contributed by atoms with Gasteiger partial charge in [0, 0.05) is 17.3 Å². The molecular weight excluding hydrogens is 260 g/mol. The van der Waals surface area contributed by atoms with Crippen molar-refractivity contribution in [3.05, 3.63) is 29.8 Å². The zero-order valence-corrected chi connectivity index (χ0v) is 12.4. The zero-order valence-electron chi connectivity index (χ0n) is 11.6. The molecule has 19 heavy (non-hydrogen) atoms. The Balaban J connectivity index is 0.00000180. The second-order valence-electron chi connectivity index (χ2n) is 5.60. The van der Waals surface area contributed by atoms with Gasteiger partial charge in [0.25, 0.3) is 5.91 Å². The standard InChI is InChI=1S/C15H22N2O.ClH/c1-10-3-8-14(11(2)9-10)17-15(18)12-4-6-13(16)7-5-12;/h4-7,10-11,14H,3,8-9,16H2,1-2H3,(H,17,18);1H. The van der Waals surface area contributed by atoms with Crippen LogP contribution in [0.1, 0.15) is 43.5 Å². The van der Waals surface area contributed by atoms with Crippen LogP contribution in [0.3, 0.4) is 0 Å². The van der Waals surface area contributed by atoms with Crippen LogP contribution >= 0.6 is 12.4 Å². The fraction of sp³-hybridized carbons (Fsp3) is 0.533. The van der Waals surface area contributed by atoms with Gasteiger partial charge in [-0.1, -0.05) is 13.8 Å². The lowest BCUT2D eigenvalue weighted by Crippen LogP contribution is -2.42. The first kappa shape index (κ1) is 15.8. The number of benzene rings is 1. The van der Waals surface area contributed by atoms with E-state index in [1.165, 1.54) is 12.8 Å². The first-order chi connectivity index (χ1) is 8.56. The van der Waals surface area contributed by atoms with Gasteiger partial charge in [0.15, 0.2) is 0 Å². The SMILES string of the molecule is CC1CCC(NC(=O)c2ccc(N)cc2)C(C)C1.Cl. The quantitative estimate of drug-likeness (QED) is 0.818.